The molecule has 0 bridgehead atoms. The molecule has 0 aliphatic rings. The van der Waals surface area contributed by atoms with E-state index < -0.39 is 5.97 Å². The Hall–Kier alpha value is -2.46. The van der Waals surface area contributed by atoms with E-state index in [9.17, 15) is 4.79 Å². The first-order valence-electron chi connectivity index (χ1n) is 7.23. The van der Waals surface area contributed by atoms with Crippen molar-refractivity contribution in [1.29, 1.82) is 0 Å². The Morgan fingerprint density at radius 2 is 1.52 bits per heavy atom. The Labute approximate surface area is 141 Å². The molecule has 3 nitrogen and oxygen atoms in total. The van der Waals surface area contributed by atoms with Gasteiger partial charge < -0.3 is 9.47 Å². The van der Waals surface area contributed by atoms with Crippen molar-refractivity contribution in [3.63, 3.8) is 0 Å². The van der Waals surface area contributed by atoms with Crippen LogP contribution in [0.5, 0.6) is 0 Å². The van der Waals surface area contributed by atoms with Gasteiger partial charge in [-0.15, -0.1) is 0 Å². The number of thiocarbonyl (C=S) groups is 1. The molecule has 0 saturated carbocycles. The average Bonchev–Trinajstić information content (AvgIpc) is 2.59. The molecule has 0 radical (unpaired) electrons. The first kappa shape index (κ1) is 16.9. The zero-order valence-corrected chi connectivity index (χ0v) is 13.8. The van der Waals surface area contributed by atoms with E-state index in [0.29, 0.717) is 10.6 Å². The highest BCUT2D eigenvalue weighted by Gasteiger charge is 2.06. The summed E-state index contributed by atoms with van der Waals surface area (Å²) in [6, 6.07) is 17.9. The van der Waals surface area contributed by atoms with Gasteiger partial charge in [0.2, 0.25) is 0 Å². The highest BCUT2D eigenvalue weighted by Crippen LogP contribution is 2.19. The lowest BCUT2D eigenvalue weighted by Crippen LogP contribution is -2.13. The number of benzene rings is 2. The maximum absolute atomic E-state index is 11.2. The van der Waals surface area contributed by atoms with Crippen molar-refractivity contribution in [3.8, 4) is 11.1 Å². The number of ether oxygens (including phenoxy) is 2. The van der Waals surface area contributed by atoms with E-state index in [0.717, 1.165) is 16.7 Å². The summed E-state index contributed by atoms with van der Waals surface area (Å²) in [5, 5.41) is 0.385. The number of carbonyl (C=O) groups excluding carboxylic acids is 1. The third kappa shape index (κ3) is 5.04. The van der Waals surface area contributed by atoms with E-state index in [1.54, 1.807) is 6.92 Å². The molecule has 23 heavy (non-hydrogen) atoms. The van der Waals surface area contributed by atoms with Crippen LogP contribution in [0.1, 0.15) is 12.5 Å². The number of esters is 1. The molecule has 0 saturated heterocycles. The number of rotatable bonds is 6. The standard InChI is InChI=1S/C19H18O3S/c1-14(2)18(20)21-12-13-22-19(23)17-10-8-16(9-11-17)15-6-4-3-5-7-15/h3-11H,1,12-13H2,2H3. The first-order chi connectivity index (χ1) is 11.1. The Bertz CT molecular complexity index is 690. The molecule has 0 N–H and O–H groups in total. The van der Waals surface area contributed by atoms with E-state index in [2.05, 4.69) is 18.7 Å². The molecular formula is C19H18O3S. The van der Waals surface area contributed by atoms with Crippen LogP contribution in [0.4, 0.5) is 0 Å². The van der Waals surface area contributed by atoms with Gasteiger partial charge in [-0.25, -0.2) is 4.79 Å². The monoisotopic (exact) mass is 326 g/mol. The van der Waals surface area contributed by atoms with Gasteiger partial charge in [0.15, 0.2) is 5.05 Å². The second kappa shape index (κ2) is 8.25. The molecule has 0 aliphatic heterocycles. The molecule has 0 amide bonds. The molecule has 2 aromatic carbocycles. The average molecular weight is 326 g/mol. The van der Waals surface area contributed by atoms with Gasteiger partial charge in [-0.05, 0) is 42.4 Å². The third-order valence-electron chi connectivity index (χ3n) is 3.13. The van der Waals surface area contributed by atoms with Crippen LogP contribution in [-0.2, 0) is 14.3 Å². The lowest BCUT2D eigenvalue weighted by Gasteiger charge is -2.09. The quantitative estimate of drug-likeness (QED) is 0.345. The van der Waals surface area contributed by atoms with Crippen molar-refractivity contribution in [1.82, 2.24) is 0 Å². The molecule has 0 aliphatic carbocycles. The van der Waals surface area contributed by atoms with Gasteiger partial charge in [-0.1, -0.05) is 49.0 Å². The van der Waals surface area contributed by atoms with Gasteiger partial charge in [-0.2, -0.15) is 0 Å². The van der Waals surface area contributed by atoms with E-state index in [4.69, 9.17) is 21.7 Å². The van der Waals surface area contributed by atoms with Crippen LogP contribution in [0.25, 0.3) is 11.1 Å². The van der Waals surface area contributed by atoms with Crippen molar-refractivity contribution in [2.75, 3.05) is 13.2 Å². The summed E-state index contributed by atoms with van der Waals surface area (Å²) >= 11 is 5.23. The Morgan fingerprint density at radius 1 is 0.957 bits per heavy atom. The molecule has 0 aromatic heterocycles. The summed E-state index contributed by atoms with van der Waals surface area (Å²) in [6.45, 7) is 5.48. The minimum absolute atomic E-state index is 0.147. The highest BCUT2D eigenvalue weighted by atomic mass is 32.1. The normalized spacial score (nSPS) is 9.96. The molecule has 0 atom stereocenters. The Balaban J connectivity index is 1.86. The summed E-state index contributed by atoms with van der Waals surface area (Å²) in [5.74, 6) is -0.424. The first-order valence-corrected chi connectivity index (χ1v) is 7.64. The third-order valence-corrected chi connectivity index (χ3v) is 3.48. The predicted molar refractivity (Wildman–Crippen MR) is 95.3 cm³/mol. The molecular weight excluding hydrogens is 308 g/mol. The van der Waals surface area contributed by atoms with Crippen molar-refractivity contribution in [2.45, 2.75) is 6.92 Å². The highest BCUT2D eigenvalue weighted by molar-refractivity contribution is 7.80. The van der Waals surface area contributed by atoms with Crippen molar-refractivity contribution in [2.24, 2.45) is 0 Å². The fourth-order valence-electron chi connectivity index (χ4n) is 1.90. The van der Waals surface area contributed by atoms with Gasteiger partial charge in [0.05, 0.1) is 0 Å². The zero-order valence-electron chi connectivity index (χ0n) is 13.0. The van der Waals surface area contributed by atoms with Crippen LogP contribution in [0.15, 0.2) is 66.7 Å². The van der Waals surface area contributed by atoms with Gasteiger partial charge in [0.1, 0.15) is 13.2 Å². The molecule has 118 valence electrons. The SMILES string of the molecule is C=C(C)C(=O)OCCOC(=S)c1ccc(-c2ccccc2)cc1. The maximum atomic E-state index is 11.2. The minimum Gasteiger partial charge on any atom is -0.479 e. The van der Waals surface area contributed by atoms with Gasteiger partial charge in [0, 0.05) is 11.1 Å². The van der Waals surface area contributed by atoms with E-state index in [-0.39, 0.29) is 13.2 Å². The molecule has 4 heteroatoms. The van der Waals surface area contributed by atoms with Crippen molar-refractivity contribution in [3.05, 3.63) is 72.3 Å². The summed E-state index contributed by atoms with van der Waals surface area (Å²) in [6.07, 6.45) is 0. The summed E-state index contributed by atoms with van der Waals surface area (Å²) < 4.78 is 10.4. The van der Waals surface area contributed by atoms with Crippen LogP contribution < -0.4 is 0 Å². The second-order valence-electron chi connectivity index (χ2n) is 5.00. The van der Waals surface area contributed by atoms with Crippen LogP contribution in [-0.4, -0.2) is 24.2 Å². The van der Waals surface area contributed by atoms with E-state index in [1.165, 1.54) is 0 Å². The fraction of sp³-hybridized carbons (Fsp3) is 0.158. The summed E-state index contributed by atoms with van der Waals surface area (Å²) in [5.41, 5.74) is 3.46. The number of carbonyl (C=O) groups is 1. The topological polar surface area (TPSA) is 35.5 Å². The Morgan fingerprint density at radius 3 is 2.13 bits per heavy atom. The molecule has 2 aromatic rings. The molecule has 2 rings (SSSR count). The molecule has 0 fully saturated rings. The smallest absolute Gasteiger partial charge is 0.333 e. The van der Waals surface area contributed by atoms with Gasteiger partial charge >= 0.3 is 5.97 Å². The predicted octanol–water partition coefficient (Wildman–Crippen LogP) is 4.17. The number of hydrogen-bond donors (Lipinski definition) is 0. The van der Waals surface area contributed by atoms with E-state index >= 15 is 0 Å². The Kier molecular flexibility index (Phi) is 6.06. The van der Waals surface area contributed by atoms with E-state index in [1.807, 2.05) is 42.5 Å². The maximum Gasteiger partial charge on any atom is 0.333 e. The fourth-order valence-corrected chi connectivity index (χ4v) is 2.12. The molecule has 0 spiro atoms. The minimum atomic E-state index is -0.424. The lowest BCUT2D eigenvalue weighted by molar-refractivity contribution is -0.139. The lowest BCUT2D eigenvalue weighted by atomic mass is 10.0. The van der Waals surface area contributed by atoms with Crippen molar-refractivity contribution >= 4 is 23.2 Å². The zero-order chi connectivity index (χ0) is 16.7. The summed E-state index contributed by atoms with van der Waals surface area (Å²) in [7, 11) is 0. The molecule has 0 heterocycles. The molecule has 0 unspecified atom stereocenters. The largest absolute Gasteiger partial charge is 0.479 e. The number of hydrogen-bond acceptors (Lipinski definition) is 4. The van der Waals surface area contributed by atoms with Crippen LogP contribution in [0.3, 0.4) is 0 Å². The summed E-state index contributed by atoms with van der Waals surface area (Å²) in [4.78, 5) is 11.2. The van der Waals surface area contributed by atoms with Crippen LogP contribution in [0.2, 0.25) is 0 Å². The van der Waals surface area contributed by atoms with Gasteiger partial charge in [0.25, 0.3) is 0 Å². The van der Waals surface area contributed by atoms with Gasteiger partial charge in [-0.3, -0.25) is 0 Å². The second-order valence-corrected chi connectivity index (χ2v) is 5.37. The van der Waals surface area contributed by atoms with Crippen LogP contribution >= 0.6 is 12.2 Å². The van der Waals surface area contributed by atoms with Crippen LogP contribution in [0, 0.1) is 0 Å². The van der Waals surface area contributed by atoms with Crippen molar-refractivity contribution < 1.29 is 14.3 Å².